The Balaban J connectivity index is 1.34. The number of benzene rings is 2. The van der Waals surface area contributed by atoms with Crippen LogP contribution < -0.4 is 23.5 Å². The van der Waals surface area contributed by atoms with E-state index in [4.69, 9.17) is 13.9 Å². The Labute approximate surface area is 299 Å². The van der Waals surface area contributed by atoms with Crippen molar-refractivity contribution in [1.29, 1.82) is 0 Å². The molecule has 0 saturated carbocycles. The van der Waals surface area contributed by atoms with Gasteiger partial charge in [-0.3, -0.25) is 4.55 Å². The molecule has 0 unspecified atom stereocenters. The molecule has 6 rings (SSSR count). The summed E-state index contributed by atoms with van der Waals surface area (Å²) in [7, 11) is -0.454. The summed E-state index contributed by atoms with van der Waals surface area (Å²) in [5, 5.41) is 0. The van der Waals surface area contributed by atoms with E-state index in [9.17, 15) is 13.0 Å². The van der Waals surface area contributed by atoms with Crippen LogP contribution in [-0.4, -0.2) is 32.4 Å². The Morgan fingerprint density at radius 3 is 2.62 bits per heavy atom. The van der Waals surface area contributed by atoms with Crippen LogP contribution in [0, 0.1) is 6.92 Å². The number of nitrogens with zero attached hydrogens (tertiary/aromatic N) is 3. The quantitative estimate of drug-likeness (QED) is 0.105. The fourth-order valence-electron chi connectivity index (χ4n) is 6.19. The van der Waals surface area contributed by atoms with Crippen molar-refractivity contribution in [2.24, 2.45) is 7.05 Å². The second kappa shape index (κ2) is 15.7. The number of oxazole rings is 1. The van der Waals surface area contributed by atoms with E-state index < -0.39 is 10.1 Å². The van der Waals surface area contributed by atoms with Gasteiger partial charge in [-0.05, 0) is 78.8 Å². The lowest BCUT2D eigenvalue weighted by molar-refractivity contribution is -0.678. The van der Waals surface area contributed by atoms with Gasteiger partial charge in [0, 0.05) is 47.9 Å². The zero-order valence-corrected chi connectivity index (χ0v) is 30.7. The maximum atomic E-state index is 11.5. The van der Waals surface area contributed by atoms with Gasteiger partial charge in [0.2, 0.25) is 11.5 Å². The molecule has 2 aromatic carbocycles. The van der Waals surface area contributed by atoms with Crippen LogP contribution in [0.25, 0.3) is 17.2 Å². The predicted molar refractivity (Wildman–Crippen MR) is 198 cm³/mol. The maximum Gasteiger partial charge on any atom is 0.374 e. The molecule has 9 nitrogen and oxygen atoms in total. The summed E-state index contributed by atoms with van der Waals surface area (Å²) in [6, 6.07) is 16.3. The molecule has 1 aliphatic heterocycles. The first-order chi connectivity index (χ1) is 24.1. The SMILES string of the molecule is CCCC[n+]1c(C=CC2=C(SCc3cc[n+](C)cc3)C(=CC=C3Oc4cc(OC)ccc4N3CCCS(=O)(=O)O)CC2)oc2cc(C)ccc21. The summed E-state index contributed by atoms with van der Waals surface area (Å²) in [6.07, 6.45) is 16.7. The van der Waals surface area contributed by atoms with E-state index in [1.807, 2.05) is 52.6 Å². The summed E-state index contributed by atoms with van der Waals surface area (Å²) < 4.78 is 54.7. The molecule has 2 aliphatic rings. The van der Waals surface area contributed by atoms with Crippen molar-refractivity contribution in [2.75, 3.05) is 24.3 Å². The standard InChI is InChI=1S/C39H44N3O6S2/c1-5-6-20-41-33-14-8-28(2)25-35(33)47-37(41)16-11-30-9-10-31(39(30)49-27-29-18-22-40(3)23-19-29)12-17-38-42(21-7-24-50(43,44)45)34-15-13-32(46-4)26-36(34)48-38/h8,11-19,22-23,25-26H,5-7,9-10,20-21,24,27H2,1-4H3/q+1/p+1. The number of hydrogen-bond acceptors (Lipinski definition) is 7. The number of pyridine rings is 1. The highest BCUT2D eigenvalue weighted by Crippen LogP contribution is 2.43. The van der Waals surface area contributed by atoms with Crippen molar-refractivity contribution in [2.45, 2.75) is 58.2 Å². The Morgan fingerprint density at radius 2 is 1.86 bits per heavy atom. The number of unbranched alkanes of at least 4 members (excludes halogenated alkanes) is 1. The summed E-state index contributed by atoms with van der Waals surface area (Å²) in [4.78, 5) is 3.18. The molecular weight excluding hydrogens is 671 g/mol. The van der Waals surface area contributed by atoms with E-state index in [0.29, 0.717) is 23.9 Å². The molecule has 11 heteroatoms. The highest BCUT2D eigenvalue weighted by Gasteiger charge is 2.28. The molecule has 0 spiro atoms. The third-order valence-corrected chi connectivity index (χ3v) is 11.0. The van der Waals surface area contributed by atoms with Crippen LogP contribution in [0.3, 0.4) is 0 Å². The predicted octanol–water partition coefficient (Wildman–Crippen LogP) is 7.60. The molecule has 0 bridgehead atoms. The lowest BCUT2D eigenvalue weighted by atomic mass is 10.2. The molecule has 262 valence electrons. The zero-order chi connectivity index (χ0) is 35.3. The number of allylic oxidation sites excluding steroid dienone is 5. The summed E-state index contributed by atoms with van der Waals surface area (Å²) >= 11 is 1.83. The molecule has 2 aromatic heterocycles. The Morgan fingerprint density at radius 1 is 1.04 bits per heavy atom. The number of aryl methyl sites for hydroxylation is 3. The number of aromatic nitrogens is 2. The fourth-order valence-corrected chi connectivity index (χ4v) is 7.90. The molecule has 4 aromatic rings. The van der Waals surface area contributed by atoms with Crippen molar-refractivity contribution < 1.29 is 36.0 Å². The van der Waals surface area contributed by atoms with Crippen LogP contribution in [0.5, 0.6) is 11.5 Å². The molecule has 0 saturated heterocycles. The van der Waals surface area contributed by atoms with Gasteiger partial charge in [-0.1, -0.05) is 25.5 Å². The van der Waals surface area contributed by atoms with Gasteiger partial charge >= 0.3 is 5.89 Å². The number of fused-ring (bicyclic) bond motifs is 2. The van der Waals surface area contributed by atoms with Crippen LogP contribution in [0.15, 0.2) is 106 Å². The number of anilines is 1. The minimum Gasteiger partial charge on any atom is -0.497 e. The number of thioether (sulfide) groups is 1. The van der Waals surface area contributed by atoms with Gasteiger partial charge in [-0.25, -0.2) is 4.57 Å². The minimum absolute atomic E-state index is 0.242. The Kier molecular flexibility index (Phi) is 11.2. The van der Waals surface area contributed by atoms with Gasteiger partial charge < -0.3 is 18.8 Å². The van der Waals surface area contributed by atoms with Crippen LogP contribution in [0.4, 0.5) is 5.69 Å². The topological polar surface area (TPSA) is 97.0 Å². The van der Waals surface area contributed by atoms with Gasteiger partial charge in [0.1, 0.15) is 12.8 Å². The van der Waals surface area contributed by atoms with Crippen LogP contribution in [0.1, 0.15) is 56.0 Å². The number of hydrogen-bond donors (Lipinski definition) is 1. The molecule has 0 radical (unpaired) electrons. The van der Waals surface area contributed by atoms with Crippen LogP contribution in [0.2, 0.25) is 0 Å². The summed E-state index contributed by atoms with van der Waals surface area (Å²) in [6.45, 7) is 5.55. The van der Waals surface area contributed by atoms with Crippen molar-refractivity contribution in [3.8, 4) is 11.5 Å². The number of ether oxygens (including phenoxy) is 2. The van der Waals surface area contributed by atoms with Crippen LogP contribution >= 0.6 is 11.8 Å². The Hall–Kier alpha value is -4.32. The smallest absolute Gasteiger partial charge is 0.374 e. The molecule has 0 fully saturated rings. The van der Waals surface area contributed by atoms with Crippen molar-refractivity contribution in [3.05, 3.63) is 118 Å². The highest BCUT2D eigenvalue weighted by molar-refractivity contribution is 8.02. The lowest BCUT2D eigenvalue weighted by Crippen LogP contribution is -2.35. The first-order valence-corrected chi connectivity index (χ1v) is 19.6. The zero-order valence-electron chi connectivity index (χ0n) is 29.1. The average molecular weight is 716 g/mol. The first-order valence-electron chi connectivity index (χ1n) is 17.0. The van der Waals surface area contributed by atoms with Gasteiger partial charge in [0.15, 0.2) is 24.7 Å². The number of methoxy groups -OCH3 is 1. The van der Waals surface area contributed by atoms with Crippen molar-refractivity contribution in [3.63, 3.8) is 0 Å². The monoisotopic (exact) mass is 715 g/mol. The summed E-state index contributed by atoms with van der Waals surface area (Å²) in [5.74, 6) is 3.24. The average Bonchev–Trinajstić information content (AvgIpc) is 3.76. The van der Waals surface area contributed by atoms with Gasteiger partial charge in [-0.2, -0.15) is 13.0 Å². The van der Waals surface area contributed by atoms with E-state index in [1.165, 1.54) is 27.2 Å². The van der Waals surface area contributed by atoms with E-state index in [-0.39, 0.29) is 12.2 Å². The number of rotatable bonds is 14. The summed E-state index contributed by atoms with van der Waals surface area (Å²) in [5.41, 5.74) is 7.71. The van der Waals surface area contributed by atoms with Crippen molar-refractivity contribution in [1.82, 2.24) is 0 Å². The third kappa shape index (κ3) is 8.51. The molecule has 1 N–H and O–H groups in total. The molecule has 0 atom stereocenters. The lowest BCUT2D eigenvalue weighted by Gasteiger charge is -2.18. The molecule has 0 amide bonds. The molecule has 1 aliphatic carbocycles. The van der Waals surface area contributed by atoms with Crippen LogP contribution in [-0.2, 0) is 29.5 Å². The van der Waals surface area contributed by atoms with Crippen molar-refractivity contribution >= 4 is 44.7 Å². The maximum absolute atomic E-state index is 11.5. The largest absolute Gasteiger partial charge is 0.497 e. The fraction of sp³-hybridized carbons (Fsp3) is 0.333. The molecular formula is C39H45N3O6S2+2. The van der Waals surface area contributed by atoms with E-state index in [2.05, 4.69) is 79.4 Å². The van der Waals surface area contributed by atoms with E-state index >= 15 is 0 Å². The van der Waals surface area contributed by atoms with Gasteiger partial charge in [0.25, 0.3) is 15.6 Å². The van der Waals surface area contributed by atoms with E-state index in [1.54, 1.807) is 7.11 Å². The second-order valence-corrected chi connectivity index (χ2v) is 15.2. The first kappa shape index (κ1) is 35.5. The molecule has 50 heavy (non-hydrogen) atoms. The van der Waals surface area contributed by atoms with E-state index in [0.717, 1.165) is 60.7 Å². The second-order valence-electron chi connectivity index (χ2n) is 12.7. The Bertz CT molecular complexity index is 2100. The minimum atomic E-state index is -4.08. The van der Waals surface area contributed by atoms with Gasteiger partial charge in [-0.15, -0.1) is 11.8 Å². The normalized spacial score (nSPS) is 16.4. The van der Waals surface area contributed by atoms with Gasteiger partial charge in [0.05, 0.1) is 24.6 Å². The third-order valence-electron chi connectivity index (χ3n) is 8.88. The molecule has 3 heterocycles. The highest BCUT2D eigenvalue weighted by atomic mass is 32.2.